The van der Waals surface area contributed by atoms with Gasteiger partial charge in [-0.2, -0.15) is 0 Å². The van der Waals surface area contributed by atoms with Gasteiger partial charge in [-0.25, -0.2) is 4.79 Å². The molecule has 0 aliphatic heterocycles. The molecule has 2 heterocycles. The molecule has 4 rings (SSSR count). The minimum atomic E-state index is -0.244. The SMILES string of the molecule is CCCCOC(=O)c1cc(C2CC2)cnc1Cc1ccc2[nH]ccc2c1. The van der Waals surface area contributed by atoms with Crippen LogP contribution in [-0.4, -0.2) is 22.5 Å². The van der Waals surface area contributed by atoms with Crippen LogP contribution >= 0.6 is 0 Å². The minimum Gasteiger partial charge on any atom is -0.462 e. The van der Waals surface area contributed by atoms with Crippen molar-refractivity contribution in [2.45, 2.75) is 44.9 Å². The Kier molecular flexibility index (Phi) is 4.74. The van der Waals surface area contributed by atoms with Crippen molar-refractivity contribution >= 4 is 16.9 Å². The first-order valence-corrected chi connectivity index (χ1v) is 9.46. The number of carbonyl (C=O) groups is 1. The molecular weight excluding hydrogens is 324 g/mol. The van der Waals surface area contributed by atoms with Crippen LogP contribution in [0, 0.1) is 0 Å². The van der Waals surface area contributed by atoms with Crippen molar-refractivity contribution < 1.29 is 9.53 Å². The van der Waals surface area contributed by atoms with E-state index >= 15 is 0 Å². The van der Waals surface area contributed by atoms with E-state index in [1.54, 1.807) is 0 Å². The summed E-state index contributed by atoms with van der Waals surface area (Å²) < 4.78 is 5.48. The summed E-state index contributed by atoms with van der Waals surface area (Å²) in [6.07, 6.45) is 8.78. The molecule has 1 saturated carbocycles. The number of hydrogen-bond acceptors (Lipinski definition) is 3. The molecule has 0 saturated heterocycles. The van der Waals surface area contributed by atoms with Gasteiger partial charge in [-0.1, -0.05) is 19.4 Å². The van der Waals surface area contributed by atoms with Crippen molar-refractivity contribution in [1.29, 1.82) is 0 Å². The molecule has 3 aromatic rings. The number of carbonyl (C=O) groups excluding carboxylic acids is 1. The van der Waals surface area contributed by atoms with Gasteiger partial charge < -0.3 is 9.72 Å². The van der Waals surface area contributed by atoms with Gasteiger partial charge in [0.05, 0.1) is 17.9 Å². The molecule has 134 valence electrons. The Labute approximate surface area is 153 Å². The number of aromatic amines is 1. The normalized spacial score (nSPS) is 13.9. The highest BCUT2D eigenvalue weighted by Gasteiger charge is 2.26. The number of fused-ring (bicyclic) bond motifs is 1. The van der Waals surface area contributed by atoms with Crippen LogP contribution in [0.4, 0.5) is 0 Å². The number of unbranched alkanes of at least 4 members (excludes halogenated alkanes) is 1. The summed E-state index contributed by atoms with van der Waals surface area (Å²) in [5.74, 6) is 0.320. The van der Waals surface area contributed by atoms with E-state index < -0.39 is 0 Å². The van der Waals surface area contributed by atoms with Gasteiger partial charge in [0.1, 0.15) is 0 Å². The van der Waals surface area contributed by atoms with E-state index in [1.165, 1.54) is 18.2 Å². The van der Waals surface area contributed by atoms with E-state index in [1.807, 2.05) is 18.5 Å². The predicted molar refractivity (Wildman–Crippen MR) is 103 cm³/mol. The van der Waals surface area contributed by atoms with Crippen molar-refractivity contribution in [1.82, 2.24) is 9.97 Å². The molecule has 1 aliphatic rings. The number of nitrogens with one attached hydrogen (secondary N) is 1. The molecule has 1 N–H and O–H groups in total. The Hall–Kier alpha value is -2.62. The molecule has 1 fully saturated rings. The highest BCUT2D eigenvalue weighted by molar-refractivity contribution is 5.91. The second kappa shape index (κ2) is 7.32. The van der Waals surface area contributed by atoms with Crippen molar-refractivity contribution in [3.05, 3.63) is 65.1 Å². The van der Waals surface area contributed by atoms with Gasteiger partial charge in [0.2, 0.25) is 0 Å². The quantitative estimate of drug-likeness (QED) is 0.483. The first kappa shape index (κ1) is 16.8. The molecule has 2 aromatic heterocycles. The minimum absolute atomic E-state index is 0.244. The van der Waals surface area contributed by atoms with E-state index in [0.29, 0.717) is 24.5 Å². The smallest absolute Gasteiger partial charge is 0.340 e. The summed E-state index contributed by atoms with van der Waals surface area (Å²) in [5.41, 5.74) is 4.85. The van der Waals surface area contributed by atoms with Crippen LogP contribution in [0.2, 0.25) is 0 Å². The van der Waals surface area contributed by atoms with Crippen LogP contribution in [-0.2, 0) is 11.2 Å². The van der Waals surface area contributed by atoms with Crippen LogP contribution in [0.1, 0.15) is 65.7 Å². The molecule has 0 atom stereocenters. The van der Waals surface area contributed by atoms with Crippen LogP contribution < -0.4 is 0 Å². The molecule has 1 aromatic carbocycles. The fourth-order valence-electron chi connectivity index (χ4n) is 3.26. The lowest BCUT2D eigenvalue weighted by Crippen LogP contribution is -2.12. The zero-order valence-corrected chi connectivity index (χ0v) is 15.1. The molecular formula is C22H24N2O2. The second-order valence-corrected chi connectivity index (χ2v) is 7.10. The van der Waals surface area contributed by atoms with Crippen LogP contribution in [0.15, 0.2) is 42.7 Å². The average molecular weight is 348 g/mol. The van der Waals surface area contributed by atoms with Crippen molar-refractivity contribution in [3.63, 3.8) is 0 Å². The molecule has 0 bridgehead atoms. The van der Waals surface area contributed by atoms with Crippen LogP contribution in [0.5, 0.6) is 0 Å². The number of rotatable bonds is 7. The maximum Gasteiger partial charge on any atom is 0.340 e. The summed E-state index contributed by atoms with van der Waals surface area (Å²) in [6, 6.07) is 10.4. The molecule has 1 aliphatic carbocycles. The third kappa shape index (κ3) is 3.64. The molecule has 4 nitrogen and oxygen atoms in total. The standard InChI is InChI=1S/C22H24N2O2/c1-2-3-10-26-22(25)19-13-18(16-5-6-16)14-24-21(19)12-15-4-7-20-17(11-15)8-9-23-20/h4,7-9,11,13-14,16,23H,2-3,5-6,10,12H2,1H3. The highest BCUT2D eigenvalue weighted by atomic mass is 16.5. The monoisotopic (exact) mass is 348 g/mol. The highest BCUT2D eigenvalue weighted by Crippen LogP contribution is 2.40. The topological polar surface area (TPSA) is 55.0 Å². The van der Waals surface area contributed by atoms with Crippen molar-refractivity contribution in [2.75, 3.05) is 6.61 Å². The van der Waals surface area contributed by atoms with Gasteiger partial charge >= 0.3 is 5.97 Å². The van der Waals surface area contributed by atoms with Gasteiger partial charge in [0.15, 0.2) is 0 Å². The fourth-order valence-corrected chi connectivity index (χ4v) is 3.26. The second-order valence-electron chi connectivity index (χ2n) is 7.10. The third-order valence-electron chi connectivity index (χ3n) is 4.98. The fraction of sp³-hybridized carbons (Fsp3) is 0.364. The summed E-state index contributed by atoms with van der Waals surface area (Å²) >= 11 is 0. The zero-order chi connectivity index (χ0) is 17.9. The predicted octanol–water partition coefficient (Wildman–Crippen LogP) is 4.99. The molecule has 26 heavy (non-hydrogen) atoms. The number of H-pyrrole nitrogens is 1. The zero-order valence-electron chi connectivity index (χ0n) is 15.1. The maximum atomic E-state index is 12.6. The number of nitrogens with zero attached hydrogens (tertiary/aromatic N) is 1. The summed E-state index contributed by atoms with van der Waals surface area (Å²) in [7, 11) is 0. The molecule has 0 radical (unpaired) electrons. The van der Waals surface area contributed by atoms with E-state index in [2.05, 4.69) is 41.2 Å². The lowest BCUT2D eigenvalue weighted by Gasteiger charge is -2.11. The van der Waals surface area contributed by atoms with Crippen molar-refractivity contribution in [3.8, 4) is 0 Å². The summed E-state index contributed by atoms with van der Waals surface area (Å²) in [5, 5.41) is 1.17. The van der Waals surface area contributed by atoms with E-state index in [-0.39, 0.29) is 5.97 Å². The third-order valence-corrected chi connectivity index (χ3v) is 4.98. The lowest BCUT2D eigenvalue weighted by atomic mass is 10.0. The largest absolute Gasteiger partial charge is 0.462 e. The molecule has 0 spiro atoms. The summed E-state index contributed by atoms with van der Waals surface area (Å²) in [6.45, 7) is 2.56. The van der Waals surface area contributed by atoms with Crippen molar-refractivity contribution in [2.24, 2.45) is 0 Å². The van der Waals surface area contributed by atoms with Gasteiger partial charge in [0.25, 0.3) is 0 Å². The Morgan fingerprint density at radius 1 is 1.27 bits per heavy atom. The Morgan fingerprint density at radius 2 is 2.15 bits per heavy atom. The Morgan fingerprint density at radius 3 is 2.96 bits per heavy atom. The number of esters is 1. The number of aromatic nitrogens is 2. The Balaban J connectivity index is 1.61. The molecule has 0 unspecified atom stereocenters. The van der Waals surface area contributed by atoms with Gasteiger partial charge in [-0.05, 0) is 66.0 Å². The van der Waals surface area contributed by atoms with Crippen LogP contribution in [0.3, 0.4) is 0 Å². The number of benzene rings is 1. The lowest BCUT2D eigenvalue weighted by molar-refractivity contribution is 0.0498. The van der Waals surface area contributed by atoms with E-state index in [4.69, 9.17) is 4.74 Å². The first-order chi connectivity index (χ1) is 12.7. The molecule has 0 amide bonds. The van der Waals surface area contributed by atoms with Gasteiger partial charge in [-0.15, -0.1) is 0 Å². The number of pyridine rings is 1. The van der Waals surface area contributed by atoms with Gasteiger partial charge in [-0.3, -0.25) is 4.98 Å². The van der Waals surface area contributed by atoms with E-state index in [9.17, 15) is 4.79 Å². The molecule has 4 heteroatoms. The maximum absolute atomic E-state index is 12.6. The van der Waals surface area contributed by atoms with Crippen LogP contribution in [0.25, 0.3) is 10.9 Å². The summed E-state index contributed by atoms with van der Waals surface area (Å²) in [4.78, 5) is 20.5. The number of ether oxygens (including phenoxy) is 1. The van der Waals surface area contributed by atoms with E-state index in [0.717, 1.165) is 35.2 Å². The number of hydrogen-bond donors (Lipinski definition) is 1. The Bertz CT molecular complexity index is 925. The van der Waals surface area contributed by atoms with Gasteiger partial charge in [0, 0.05) is 24.3 Å². The average Bonchev–Trinajstić information content (AvgIpc) is 3.40. The first-order valence-electron chi connectivity index (χ1n) is 9.46.